The Hall–Kier alpha value is -4.46. The van der Waals surface area contributed by atoms with Crippen LogP contribution in [0.3, 0.4) is 0 Å². The fourth-order valence-corrected chi connectivity index (χ4v) is 3.72. The standard InChI is InChI=1S/C27H24N4O6/c1-17-3-5-20(13-29-17)37-19-8-10-28-21(12-19)25(32)30-22-14-36-24-6-4-18(7-9-27(34)15-35-16-27)11-23(24)31(2)26(22)33/h3-6,8,10-13,22,34H,14-16H2,1-2H3,(H,30,32)/t22-/m0/s1. The number of likely N-dealkylation sites (N-methyl/N-ethyl adjacent to an activating group) is 1. The third kappa shape index (κ3) is 5.38. The van der Waals surface area contributed by atoms with Gasteiger partial charge >= 0.3 is 0 Å². The maximum Gasteiger partial charge on any atom is 0.270 e. The highest BCUT2D eigenvalue weighted by Gasteiger charge is 2.34. The minimum Gasteiger partial charge on any atom is -0.489 e. The molecule has 1 atom stereocenters. The van der Waals surface area contributed by atoms with Gasteiger partial charge in [0.15, 0.2) is 5.60 Å². The van der Waals surface area contributed by atoms with E-state index in [1.807, 2.05) is 13.0 Å². The smallest absolute Gasteiger partial charge is 0.270 e. The largest absolute Gasteiger partial charge is 0.489 e. The SMILES string of the molecule is Cc1ccc(Oc2ccnc(C(=O)N[C@H]3COc4ccc(C#CC5(O)COC5)cc4N(C)C3=O)c2)cn1. The number of rotatable bonds is 4. The van der Waals surface area contributed by atoms with Crippen LogP contribution in [0.1, 0.15) is 21.7 Å². The Morgan fingerprint density at radius 2 is 2.03 bits per heavy atom. The molecule has 2 aliphatic heterocycles. The number of aromatic nitrogens is 2. The fourth-order valence-electron chi connectivity index (χ4n) is 3.72. The van der Waals surface area contributed by atoms with E-state index in [9.17, 15) is 14.7 Å². The van der Waals surface area contributed by atoms with Crippen LogP contribution in [-0.4, -0.2) is 65.4 Å². The molecular formula is C27H24N4O6. The lowest BCUT2D eigenvalue weighted by Gasteiger charge is -2.30. The van der Waals surface area contributed by atoms with E-state index in [-0.39, 0.29) is 31.4 Å². The number of hydrogen-bond donors (Lipinski definition) is 2. The molecule has 0 bridgehead atoms. The Labute approximate surface area is 213 Å². The first-order valence-corrected chi connectivity index (χ1v) is 11.5. The lowest BCUT2D eigenvalue weighted by molar-refractivity contribution is -0.140. The molecule has 10 heteroatoms. The van der Waals surface area contributed by atoms with E-state index >= 15 is 0 Å². The normalized spacial score (nSPS) is 17.8. The van der Waals surface area contributed by atoms with Gasteiger partial charge in [-0.3, -0.25) is 19.6 Å². The van der Waals surface area contributed by atoms with E-state index in [2.05, 4.69) is 27.1 Å². The second-order valence-electron chi connectivity index (χ2n) is 8.81. The van der Waals surface area contributed by atoms with Gasteiger partial charge in [-0.25, -0.2) is 0 Å². The summed E-state index contributed by atoms with van der Waals surface area (Å²) in [5.41, 5.74) is 0.912. The van der Waals surface area contributed by atoms with Crippen molar-refractivity contribution >= 4 is 17.5 Å². The quantitative estimate of drug-likeness (QED) is 0.521. The minimum absolute atomic E-state index is 0.0603. The third-order valence-electron chi connectivity index (χ3n) is 5.86. The minimum atomic E-state index is -1.15. The van der Waals surface area contributed by atoms with Crippen LogP contribution in [0.5, 0.6) is 17.2 Å². The van der Waals surface area contributed by atoms with Gasteiger partial charge in [-0.2, -0.15) is 0 Å². The first-order chi connectivity index (χ1) is 17.8. The molecule has 2 N–H and O–H groups in total. The molecule has 2 aliphatic rings. The number of aliphatic hydroxyl groups is 1. The van der Waals surface area contributed by atoms with E-state index in [0.29, 0.717) is 28.5 Å². The second kappa shape index (κ2) is 9.89. The number of carbonyl (C=O) groups excluding carboxylic acids is 2. The summed E-state index contributed by atoms with van der Waals surface area (Å²) in [6.07, 6.45) is 3.04. The van der Waals surface area contributed by atoms with E-state index in [4.69, 9.17) is 14.2 Å². The molecule has 1 fully saturated rings. The van der Waals surface area contributed by atoms with Gasteiger partial charge in [-0.15, -0.1) is 0 Å². The molecule has 0 spiro atoms. The van der Waals surface area contributed by atoms with Gasteiger partial charge < -0.3 is 29.5 Å². The molecule has 37 heavy (non-hydrogen) atoms. The Balaban J connectivity index is 1.28. The highest BCUT2D eigenvalue weighted by atomic mass is 16.5. The van der Waals surface area contributed by atoms with Crippen LogP contribution in [0.4, 0.5) is 5.69 Å². The molecule has 2 aromatic heterocycles. The molecule has 2 amide bonds. The van der Waals surface area contributed by atoms with E-state index < -0.39 is 17.6 Å². The summed E-state index contributed by atoms with van der Waals surface area (Å²) >= 11 is 0. The fraction of sp³-hybridized carbons (Fsp3) is 0.259. The predicted molar refractivity (Wildman–Crippen MR) is 133 cm³/mol. The van der Waals surface area contributed by atoms with E-state index in [1.54, 1.807) is 43.6 Å². The highest BCUT2D eigenvalue weighted by Crippen LogP contribution is 2.32. The van der Waals surface area contributed by atoms with Crippen molar-refractivity contribution in [3.05, 3.63) is 71.8 Å². The number of pyridine rings is 2. The van der Waals surface area contributed by atoms with Crippen molar-refractivity contribution in [2.45, 2.75) is 18.6 Å². The van der Waals surface area contributed by atoms with Gasteiger partial charge in [0.2, 0.25) is 0 Å². The van der Waals surface area contributed by atoms with Gasteiger partial charge in [0.1, 0.15) is 35.6 Å². The zero-order valence-corrected chi connectivity index (χ0v) is 20.2. The molecule has 0 radical (unpaired) electrons. The predicted octanol–water partition coefficient (Wildman–Crippen LogP) is 1.84. The average molecular weight is 501 g/mol. The lowest BCUT2D eigenvalue weighted by atomic mass is 10.0. The molecule has 1 saturated heterocycles. The summed E-state index contributed by atoms with van der Waals surface area (Å²) in [5.74, 6) is 6.21. The van der Waals surface area contributed by atoms with E-state index in [1.165, 1.54) is 17.2 Å². The molecule has 0 aliphatic carbocycles. The summed E-state index contributed by atoms with van der Waals surface area (Å²) < 4.78 is 16.6. The van der Waals surface area contributed by atoms with Crippen LogP contribution in [0, 0.1) is 18.8 Å². The van der Waals surface area contributed by atoms with Crippen molar-refractivity contribution in [3.8, 4) is 29.1 Å². The molecule has 5 rings (SSSR count). The van der Waals surface area contributed by atoms with Crippen molar-refractivity contribution < 1.29 is 28.9 Å². The maximum absolute atomic E-state index is 13.2. The van der Waals surface area contributed by atoms with Crippen LogP contribution in [0.15, 0.2) is 54.9 Å². The zero-order valence-electron chi connectivity index (χ0n) is 20.2. The summed E-state index contributed by atoms with van der Waals surface area (Å²) in [6, 6.07) is 10.9. The van der Waals surface area contributed by atoms with Gasteiger partial charge in [0.05, 0.1) is 25.1 Å². The van der Waals surface area contributed by atoms with Crippen molar-refractivity contribution in [3.63, 3.8) is 0 Å². The van der Waals surface area contributed by atoms with Crippen molar-refractivity contribution in [1.29, 1.82) is 0 Å². The summed E-state index contributed by atoms with van der Waals surface area (Å²) in [5, 5.41) is 12.8. The van der Waals surface area contributed by atoms with Crippen molar-refractivity contribution in [1.82, 2.24) is 15.3 Å². The number of aryl methyl sites for hydroxylation is 1. The number of nitrogens with one attached hydrogen (secondary N) is 1. The van der Waals surface area contributed by atoms with Crippen LogP contribution >= 0.6 is 0 Å². The zero-order chi connectivity index (χ0) is 26.0. The van der Waals surface area contributed by atoms with Crippen LogP contribution in [0.2, 0.25) is 0 Å². The van der Waals surface area contributed by atoms with Crippen molar-refractivity contribution in [2.24, 2.45) is 0 Å². The Kier molecular flexibility index (Phi) is 6.48. The number of amides is 2. The molecule has 0 unspecified atom stereocenters. The number of anilines is 1. The highest BCUT2D eigenvalue weighted by molar-refractivity contribution is 6.03. The van der Waals surface area contributed by atoms with Gasteiger partial charge in [0.25, 0.3) is 11.8 Å². The Bertz CT molecular complexity index is 1410. The van der Waals surface area contributed by atoms with Gasteiger partial charge in [-0.05, 0) is 43.3 Å². The molecule has 188 valence electrons. The molecular weight excluding hydrogens is 476 g/mol. The monoisotopic (exact) mass is 500 g/mol. The van der Waals surface area contributed by atoms with Gasteiger partial charge in [-0.1, -0.05) is 11.8 Å². The number of nitrogens with zero attached hydrogens (tertiary/aromatic N) is 3. The Morgan fingerprint density at radius 1 is 1.19 bits per heavy atom. The first-order valence-electron chi connectivity index (χ1n) is 11.5. The summed E-state index contributed by atoms with van der Waals surface area (Å²) in [4.78, 5) is 35.8. The maximum atomic E-state index is 13.2. The van der Waals surface area contributed by atoms with Gasteiger partial charge in [0, 0.05) is 30.6 Å². The van der Waals surface area contributed by atoms with Crippen LogP contribution in [-0.2, 0) is 9.53 Å². The molecule has 0 saturated carbocycles. The third-order valence-corrected chi connectivity index (χ3v) is 5.86. The first kappa shape index (κ1) is 24.2. The Morgan fingerprint density at radius 3 is 2.76 bits per heavy atom. The number of fused-ring (bicyclic) bond motifs is 1. The second-order valence-corrected chi connectivity index (χ2v) is 8.81. The molecule has 4 heterocycles. The van der Waals surface area contributed by atoms with Crippen molar-refractivity contribution in [2.75, 3.05) is 31.8 Å². The number of benzene rings is 1. The summed E-state index contributed by atoms with van der Waals surface area (Å²) in [7, 11) is 1.60. The number of carbonyl (C=O) groups is 2. The molecule has 10 nitrogen and oxygen atoms in total. The number of ether oxygens (including phenoxy) is 3. The summed E-state index contributed by atoms with van der Waals surface area (Å²) in [6.45, 7) is 2.15. The van der Waals surface area contributed by atoms with Crippen LogP contribution < -0.4 is 19.7 Å². The number of hydrogen-bond acceptors (Lipinski definition) is 8. The molecule has 3 aromatic rings. The molecule has 1 aromatic carbocycles. The lowest BCUT2D eigenvalue weighted by Crippen LogP contribution is -2.49. The topological polar surface area (TPSA) is 123 Å². The average Bonchev–Trinajstić information content (AvgIpc) is 3.00. The van der Waals surface area contributed by atoms with E-state index in [0.717, 1.165) is 5.69 Å². The van der Waals surface area contributed by atoms with Crippen LogP contribution in [0.25, 0.3) is 0 Å².